The molecule has 113 heavy (non-hydrogen) atoms. The minimum Gasteiger partial charge on any atom is -0.477 e. The van der Waals surface area contributed by atoms with Gasteiger partial charge in [-0.3, -0.25) is 124 Å². The number of hydrogen-bond donors (Lipinski definition) is 8. The van der Waals surface area contributed by atoms with E-state index in [1.54, 1.807) is 18.2 Å². The highest BCUT2D eigenvalue weighted by molar-refractivity contribution is 6.64. The Bertz CT molecular complexity index is 5370. The number of carboxylic acid groups (broad SMARTS) is 2. The number of amides is 7. The van der Waals surface area contributed by atoms with Gasteiger partial charge in [-0.2, -0.15) is 0 Å². The molecule has 16 rings (SSSR count). The lowest BCUT2D eigenvalue weighted by Gasteiger charge is -2.25. The van der Waals surface area contributed by atoms with E-state index >= 15 is 0 Å². The first-order valence-electron chi connectivity index (χ1n) is 34.7. The van der Waals surface area contributed by atoms with Gasteiger partial charge >= 0.3 is 17.6 Å². The van der Waals surface area contributed by atoms with Crippen molar-refractivity contribution in [1.29, 1.82) is 0 Å². The van der Waals surface area contributed by atoms with Crippen LogP contribution in [0, 0.1) is 62.4 Å². The summed E-state index contributed by atoms with van der Waals surface area (Å²) < 4.78 is 7.55. The van der Waals surface area contributed by atoms with E-state index in [0.717, 1.165) is 76.3 Å². The SMILES string of the molecule is NC1CCC(=O)NC1=O.Nc1cccc([N+](=O)[O-])c1C(=O)O.O=C(Cl)C1CC1.O=C(O)c1c(NC(=O)C2CC2)cccc1[N+](=O)[O-].O=C1CCC(n2c(C3CC3)nc3cccc([N+](=O)[O-])c3c2=O)C(=O)N1.O=C1CCC(n2c(C3CC3)nc3cccc([N+](=O)[O-])c3c2=O)C(=O)N1.O=c1oc(C2CC2)nc2cccc([N+](=O)[O-])c12. The van der Waals surface area contributed by atoms with Gasteiger partial charge in [-0.1, -0.05) is 30.3 Å². The highest BCUT2D eigenvalue weighted by Crippen LogP contribution is 2.43. The number of imide groups is 3. The number of benzene rings is 5. The van der Waals surface area contributed by atoms with E-state index in [2.05, 4.69) is 36.2 Å². The Morgan fingerprint density at radius 2 is 0.841 bits per heavy atom. The lowest BCUT2D eigenvalue weighted by Crippen LogP contribution is -2.48. The van der Waals surface area contributed by atoms with Crippen molar-refractivity contribution in [3.63, 3.8) is 0 Å². The number of nitrogens with zero attached hydrogens (tertiary/aromatic N) is 10. The largest absolute Gasteiger partial charge is 0.477 e. The number of carboxylic acids is 2. The summed E-state index contributed by atoms with van der Waals surface area (Å²) in [7, 11) is 0. The second-order valence-corrected chi connectivity index (χ2v) is 27.0. The van der Waals surface area contributed by atoms with Gasteiger partial charge < -0.3 is 31.4 Å². The second-order valence-electron chi connectivity index (χ2n) is 26.6. The first kappa shape index (κ1) is 81.6. The number of hydrogen-bond acceptors (Lipinski definition) is 29. The number of anilines is 2. The summed E-state index contributed by atoms with van der Waals surface area (Å²) in [5.74, 6) is -3.86. The van der Waals surface area contributed by atoms with Crippen molar-refractivity contribution in [3.8, 4) is 0 Å². The van der Waals surface area contributed by atoms with Gasteiger partial charge in [0.25, 0.3) is 39.6 Å². The number of nitro groups is 5. The van der Waals surface area contributed by atoms with Gasteiger partial charge in [0.05, 0.1) is 58.6 Å². The average molecular weight is 1580 g/mol. The first-order chi connectivity index (χ1) is 53.6. The Balaban J connectivity index is 0.000000145. The van der Waals surface area contributed by atoms with Gasteiger partial charge in [0.2, 0.25) is 52.5 Å². The molecule has 3 atom stereocenters. The molecule has 0 bridgehead atoms. The predicted molar refractivity (Wildman–Crippen MR) is 391 cm³/mol. The third-order valence-electron chi connectivity index (χ3n) is 18.3. The Labute approximate surface area is 636 Å². The highest BCUT2D eigenvalue weighted by atomic mass is 35.5. The van der Waals surface area contributed by atoms with Crippen LogP contribution in [0.5, 0.6) is 0 Å². The van der Waals surface area contributed by atoms with Gasteiger partial charge in [0, 0.05) is 79.2 Å². The summed E-state index contributed by atoms with van der Waals surface area (Å²) in [4.78, 5) is 214. The Kier molecular flexibility index (Phi) is 25.1. The van der Waals surface area contributed by atoms with Crippen molar-refractivity contribution >= 4 is 143 Å². The van der Waals surface area contributed by atoms with Gasteiger partial charge in [0.15, 0.2) is 16.5 Å². The molecule has 8 aliphatic rings. The Morgan fingerprint density at radius 3 is 1.19 bits per heavy atom. The van der Waals surface area contributed by atoms with Gasteiger partial charge in [-0.05, 0) is 125 Å². The summed E-state index contributed by atoms with van der Waals surface area (Å²) in [6.45, 7) is 0. The number of carbonyl (C=O) groups excluding carboxylic acids is 8. The van der Waals surface area contributed by atoms with Crippen LogP contribution < -0.4 is 49.5 Å². The molecule has 3 saturated heterocycles. The molecule has 0 spiro atoms. The molecule has 7 amide bonds. The monoisotopic (exact) mass is 1580 g/mol. The molecule has 42 nitrogen and oxygen atoms in total. The van der Waals surface area contributed by atoms with E-state index < -0.39 is 106 Å². The summed E-state index contributed by atoms with van der Waals surface area (Å²) in [5.41, 5.74) is 6.46. The summed E-state index contributed by atoms with van der Waals surface area (Å²) in [6, 6.07) is 18.2. The molecule has 5 aliphatic carbocycles. The number of halogens is 1. The van der Waals surface area contributed by atoms with Crippen molar-refractivity contribution in [2.24, 2.45) is 17.6 Å². The van der Waals surface area contributed by atoms with E-state index in [4.69, 9.17) is 37.7 Å². The smallest absolute Gasteiger partial charge is 0.353 e. The van der Waals surface area contributed by atoms with Crippen LogP contribution in [-0.4, -0.2) is 123 Å². The molecule has 10 N–H and O–H groups in total. The quantitative estimate of drug-likeness (QED) is 0.0173. The number of nitrogens with two attached hydrogens (primary N) is 2. The van der Waals surface area contributed by atoms with Crippen molar-refractivity contribution < 1.29 is 87.2 Å². The van der Waals surface area contributed by atoms with Crippen LogP contribution in [0.4, 0.5) is 39.8 Å². The summed E-state index contributed by atoms with van der Waals surface area (Å²) >= 11 is 5.04. The number of rotatable bonds is 15. The number of nitrogens with one attached hydrogen (secondary N) is 4. The molecule has 3 unspecified atom stereocenters. The fraction of sp³-hybridized carbons (Fsp3) is 0.343. The summed E-state index contributed by atoms with van der Waals surface area (Å²) in [5, 5.41) is 80.7. The van der Waals surface area contributed by atoms with Crippen LogP contribution in [0.3, 0.4) is 0 Å². The van der Waals surface area contributed by atoms with Crippen LogP contribution in [0.15, 0.2) is 110 Å². The predicted octanol–water partition coefficient (Wildman–Crippen LogP) is 6.72. The van der Waals surface area contributed by atoms with Crippen LogP contribution >= 0.6 is 11.6 Å². The first-order valence-corrected chi connectivity index (χ1v) is 35.0. The molecule has 6 heterocycles. The normalized spacial score (nSPS) is 18.0. The number of nitrogen functional groups attached to an aromatic ring is 1. The summed E-state index contributed by atoms with van der Waals surface area (Å²) in [6.07, 6.45) is 10.3. The molecule has 3 aliphatic heterocycles. The topological polar surface area (TPSA) is 640 Å². The van der Waals surface area contributed by atoms with Crippen LogP contribution in [0.25, 0.3) is 32.7 Å². The third kappa shape index (κ3) is 19.8. The van der Waals surface area contributed by atoms with E-state index in [0.29, 0.717) is 35.9 Å². The average Bonchev–Trinajstić information content (AvgIpc) is 1.71. The number of aromatic nitrogens is 5. The number of piperidine rings is 3. The maximum absolute atomic E-state index is 13.1. The van der Waals surface area contributed by atoms with E-state index in [1.165, 1.54) is 69.8 Å². The van der Waals surface area contributed by atoms with E-state index in [1.807, 2.05) is 0 Å². The number of aromatic carboxylic acids is 2. The van der Waals surface area contributed by atoms with Crippen LogP contribution in [0.2, 0.25) is 0 Å². The molecule has 8 aromatic rings. The zero-order valence-electron chi connectivity index (χ0n) is 58.8. The van der Waals surface area contributed by atoms with E-state index in [9.17, 15) is 113 Å². The number of non-ortho nitro benzene ring substituents is 3. The molecule has 0 radical (unpaired) electrons. The van der Waals surface area contributed by atoms with Crippen LogP contribution in [-0.2, 0) is 38.4 Å². The fourth-order valence-corrected chi connectivity index (χ4v) is 12.1. The van der Waals surface area contributed by atoms with Crippen molar-refractivity contribution in [1.82, 2.24) is 40.0 Å². The van der Waals surface area contributed by atoms with Gasteiger partial charge in [-0.25, -0.2) is 29.3 Å². The fourth-order valence-electron chi connectivity index (χ4n) is 11.8. The standard InChI is InChI=1S/2C16H14N4O5.C11H10N2O5.C11H8N2O4.C7H6N2O4.C5H8N2O2.C4H5ClO/c2*21-12-7-6-11(15(22)18-12)19-14(8-4-5-8)17-9-2-1-3-10(20(24)25)13(9)16(19)23;14-10(6-4-5-6)12-7-2-1-3-8(13(17)18)9(7)11(15)16;14-11-9-7(2-1-3-8(9)13(15)16)12-10(17-11)6-4-5-6;8-4-2-1-3-5(9(12)13)6(4)7(10)11;6-3-1-2-4(8)7-5(3)9;5-4(6)3-1-2-3/h2*1-3,8,11H,4-7H2,(H,18,21,22);1-3,6H,4-5H2,(H,12,14)(H,15,16);1-3,6H,4-5H2;1-3H,8H2,(H,10,11);3H,1-2,6H2,(H,7,8,9);3H,1-2H2. The molecule has 8 fully saturated rings. The zero-order valence-corrected chi connectivity index (χ0v) is 59.5. The molecular formula is C70H65ClN16O26. The van der Waals surface area contributed by atoms with Crippen molar-refractivity contribution in [2.75, 3.05) is 11.1 Å². The van der Waals surface area contributed by atoms with Gasteiger partial charge in [0.1, 0.15) is 34.5 Å². The minimum absolute atomic E-state index is 0.0337. The van der Waals surface area contributed by atoms with Crippen LogP contribution in [0.1, 0.15) is 171 Å². The molecule has 3 aromatic heterocycles. The molecule has 5 saturated carbocycles. The third-order valence-corrected chi connectivity index (χ3v) is 18.6. The zero-order chi connectivity index (χ0) is 82.1. The van der Waals surface area contributed by atoms with Gasteiger partial charge in [-0.15, -0.1) is 0 Å². The maximum atomic E-state index is 13.1. The Hall–Kier alpha value is -13.9. The number of fused-ring (bicyclic) bond motifs is 3. The maximum Gasteiger partial charge on any atom is 0.353 e. The number of nitro benzene ring substituents is 5. The molecular weight excluding hydrogens is 1520 g/mol. The van der Waals surface area contributed by atoms with Crippen molar-refractivity contribution in [3.05, 3.63) is 201 Å². The molecule has 5 aromatic carbocycles. The second kappa shape index (κ2) is 34.8. The molecule has 43 heteroatoms. The lowest BCUT2D eigenvalue weighted by molar-refractivity contribution is -0.385. The number of carbonyl (C=O) groups is 10. The van der Waals surface area contributed by atoms with Crippen molar-refractivity contribution in [2.45, 2.75) is 139 Å². The van der Waals surface area contributed by atoms with E-state index in [-0.39, 0.29) is 146 Å². The lowest BCUT2D eigenvalue weighted by atomic mass is 10.0. The highest BCUT2D eigenvalue weighted by Gasteiger charge is 2.41. The minimum atomic E-state index is -1.44. The Morgan fingerprint density at radius 1 is 0.469 bits per heavy atom. The molecule has 588 valence electrons.